The lowest BCUT2D eigenvalue weighted by atomic mass is 9.65. The molecule has 9 aliphatic rings. The molecule has 7 fully saturated rings. The first kappa shape index (κ1) is 44.9. The van der Waals surface area contributed by atoms with Crippen LogP contribution in [0.2, 0.25) is 0 Å². The highest BCUT2D eigenvalue weighted by molar-refractivity contribution is 6.05. The van der Waals surface area contributed by atoms with Gasteiger partial charge in [-0.1, -0.05) is 18.2 Å². The van der Waals surface area contributed by atoms with Gasteiger partial charge >= 0.3 is 0 Å². The molecule has 11 rings (SSSR count). The second-order valence-corrected chi connectivity index (χ2v) is 21.5. The number of anilines is 3. The number of fused-ring (bicyclic) bond motifs is 7. The molecule has 6 N–H and O–H groups in total. The van der Waals surface area contributed by atoms with Crippen LogP contribution in [-0.2, 0) is 20.9 Å². The molecule has 67 heavy (non-hydrogen) atoms. The third kappa shape index (κ3) is 8.98. The Bertz CT molecular complexity index is 2210. The van der Waals surface area contributed by atoms with Crippen LogP contribution in [0.25, 0.3) is 0 Å². The molecule has 6 unspecified atom stereocenters. The molecule has 8 aliphatic heterocycles. The van der Waals surface area contributed by atoms with Crippen LogP contribution >= 0.6 is 0 Å². The third-order valence-electron chi connectivity index (χ3n) is 17.4. The maximum Gasteiger partial charge on any atom is 0.255 e. The van der Waals surface area contributed by atoms with E-state index in [4.69, 9.17) is 0 Å². The van der Waals surface area contributed by atoms with E-state index in [1.165, 1.54) is 50.8 Å². The van der Waals surface area contributed by atoms with E-state index in [2.05, 4.69) is 94.8 Å². The number of hydrogen-bond donors (Lipinski definition) is 6. The Kier molecular flexibility index (Phi) is 12.3. The molecule has 1 aliphatic carbocycles. The molecule has 4 amide bonds. The van der Waals surface area contributed by atoms with Crippen LogP contribution in [0.15, 0.2) is 54.6 Å². The first-order chi connectivity index (χ1) is 32.5. The Morgan fingerprint density at radius 2 is 1.57 bits per heavy atom. The van der Waals surface area contributed by atoms with Gasteiger partial charge in [-0.05, 0) is 137 Å². The predicted molar refractivity (Wildman–Crippen MR) is 256 cm³/mol. The van der Waals surface area contributed by atoms with E-state index in [1.54, 1.807) is 4.90 Å². The summed E-state index contributed by atoms with van der Waals surface area (Å²) in [6.07, 6.45) is 16.4. The zero-order chi connectivity index (χ0) is 45.9. The highest BCUT2D eigenvalue weighted by Crippen LogP contribution is 2.47. The van der Waals surface area contributed by atoms with E-state index in [1.807, 2.05) is 18.0 Å². The van der Waals surface area contributed by atoms with Crippen molar-refractivity contribution >= 4 is 40.7 Å². The first-order valence-corrected chi connectivity index (χ1v) is 25.6. The molecule has 0 radical (unpaired) electrons. The van der Waals surface area contributed by atoms with Gasteiger partial charge in [-0.2, -0.15) is 5.01 Å². The van der Waals surface area contributed by atoms with E-state index in [-0.39, 0.29) is 60.6 Å². The van der Waals surface area contributed by atoms with Crippen molar-refractivity contribution in [1.82, 2.24) is 41.1 Å². The van der Waals surface area contributed by atoms with Crippen LogP contribution in [0.4, 0.5) is 17.1 Å². The molecular formula is C51H71N11O5. The number of carbonyl (C=O) groups is 4. The summed E-state index contributed by atoms with van der Waals surface area (Å²) < 4.78 is 0. The fourth-order valence-corrected chi connectivity index (χ4v) is 13.2. The lowest BCUT2D eigenvalue weighted by Crippen LogP contribution is -2.69. The van der Waals surface area contributed by atoms with Gasteiger partial charge in [0.1, 0.15) is 12.3 Å². The van der Waals surface area contributed by atoms with Gasteiger partial charge in [0.05, 0.1) is 30.4 Å². The predicted octanol–water partition coefficient (Wildman–Crippen LogP) is 3.51. The number of hydrogen-bond acceptors (Lipinski definition) is 13. The van der Waals surface area contributed by atoms with Gasteiger partial charge in [-0.3, -0.25) is 50.4 Å². The van der Waals surface area contributed by atoms with Crippen LogP contribution in [0.3, 0.4) is 0 Å². The summed E-state index contributed by atoms with van der Waals surface area (Å²) in [5.41, 5.74) is 4.65. The summed E-state index contributed by atoms with van der Waals surface area (Å²) in [7, 11) is 0. The monoisotopic (exact) mass is 918 g/mol. The molecule has 16 nitrogen and oxygen atoms in total. The number of benzene rings is 2. The van der Waals surface area contributed by atoms with E-state index < -0.39 is 11.6 Å². The van der Waals surface area contributed by atoms with Crippen molar-refractivity contribution in [3.8, 4) is 0 Å². The number of rotatable bonds is 7. The molecule has 360 valence electrons. The van der Waals surface area contributed by atoms with Crippen molar-refractivity contribution in [2.24, 2.45) is 17.3 Å². The fourth-order valence-electron chi connectivity index (χ4n) is 13.2. The number of hydrazine groups is 1. The van der Waals surface area contributed by atoms with Crippen LogP contribution in [0.5, 0.6) is 0 Å². The average molecular weight is 918 g/mol. The van der Waals surface area contributed by atoms with E-state index in [0.29, 0.717) is 43.5 Å². The molecule has 2 aromatic carbocycles. The second kappa shape index (κ2) is 18.4. The maximum absolute atomic E-state index is 13.8. The van der Waals surface area contributed by atoms with Gasteiger partial charge in [-0.15, -0.1) is 0 Å². The second-order valence-electron chi connectivity index (χ2n) is 21.5. The SMILES string of the molecule is C[C@@]1(O)CC/C=C\CN2C(=O)C3CNC(Nc4ccc(N5CCN(CC6CCC7(CC6)CCN(c6ccc8c(c6)C(=O)N(C6CCC(=O)NC6=O)C8)CC7)CC5)cc4)NC3N2C2CCCC1N2. The molecule has 2 bridgehead atoms. The number of nitrogens with one attached hydrogen (secondary N) is 5. The summed E-state index contributed by atoms with van der Waals surface area (Å²) in [6.45, 7) is 10.9. The van der Waals surface area contributed by atoms with Gasteiger partial charge < -0.3 is 25.1 Å². The minimum absolute atomic E-state index is 0.0151. The lowest BCUT2D eigenvalue weighted by molar-refractivity contribution is -0.146. The summed E-state index contributed by atoms with van der Waals surface area (Å²) in [4.78, 5) is 60.8. The smallest absolute Gasteiger partial charge is 0.255 e. The molecule has 0 aromatic heterocycles. The number of piperidine rings is 3. The van der Waals surface area contributed by atoms with Gasteiger partial charge in [0.15, 0.2) is 0 Å². The Morgan fingerprint density at radius 1 is 0.806 bits per heavy atom. The van der Waals surface area contributed by atoms with Crippen molar-refractivity contribution < 1.29 is 24.3 Å². The van der Waals surface area contributed by atoms with Crippen LogP contribution < -0.4 is 36.4 Å². The Morgan fingerprint density at radius 3 is 2.34 bits per heavy atom. The van der Waals surface area contributed by atoms with Crippen molar-refractivity contribution in [3.05, 3.63) is 65.7 Å². The van der Waals surface area contributed by atoms with Crippen molar-refractivity contribution in [3.63, 3.8) is 0 Å². The Hall–Kier alpha value is -4.58. The van der Waals surface area contributed by atoms with E-state index >= 15 is 0 Å². The molecule has 2 aromatic rings. The normalized spacial score (nSPS) is 33.5. The van der Waals surface area contributed by atoms with Gasteiger partial charge in [0.2, 0.25) is 17.7 Å². The standard InChI is InChI=1S/C51H71N11O5/c1-50(67)18-3-2-4-23-61-48(66)40-31-52-49(56-45(40)62(61)43-7-5-6-42(50)54-43)53-36-9-12-37(13-10-36)59-28-26-57(27-29-59)32-34-16-19-51(20-17-34)21-24-58(25-22-51)38-11-8-35-33-60(47(65)39(35)30-38)41-14-15-44(63)55-46(41)64/h2,4,8-13,30,34,40-43,45,49,52-54,56,67H,3,5-7,14-29,31-33H2,1H3,(H,55,63,64)/b4-2-/t40?,41?,42?,43?,45?,49?,50-/m1/s1. The Balaban J connectivity index is 0.624. The summed E-state index contributed by atoms with van der Waals surface area (Å²) in [6, 6.07) is 14.4. The number of piperazine rings is 1. The largest absolute Gasteiger partial charge is 0.389 e. The maximum atomic E-state index is 13.8. The minimum Gasteiger partial charge on any atom is -0.389 e. The number of carbonyl (C=O) groups excluding carboxylic acids is 4. The molecular weight excluding hydrogens is 847 g/mol. The minimum atomic E-state index is -0.804. The van der Waals surface area contributed by atoms with Gasteiger partial charge in [0, 0.05) is 94.0 Å². The van der Waals surface area contributed by atoms with Crippen molar-refractivity contribution in [2.75, 3.05) is 74.0 Å². The topological polar surface area (TPSA) is 168 Å². The summed E-state index contributed by atoms with van der Waals surface area (Å²) in [5.74, 6) is -0.0271. The average Bonchev–Trinajstić information content (AvgIpc) is 3.81. The zero-order valence-corrected chi connectivity index (χ0v) is 39.3. The van der Waals surface area contributed by atoms with Gasteiger partial charge in [-0.25, -0.2) is 0 Å². The number of nitrogens with zero attached hydrogens (tertiary/aromatic N) is 6. The number of imide groups is 1. The molecule has 1 saturated carbocycles. The van der Waals surface area contributed by atoms with Crippen LogP contribution in [-0.4, -0.2) is 144 Å². The lowest BCUT2D eigenvalue weighted by Gasteiger charge is -2.47. The zero-order valence-electron chi connectivity index (χ0n) is 39.3. The molecule has 6 saturated heterocycles. The molecule has 1 spiro atoms. The number of allylic oxidation sites excluding steroid dienone is 1. The highest BCUT2D eigenvalue weighted by atomic mass is 16.3. The molecule has 8 heterocycles. The summed E-state index contributed by atoms with van der Waals surface area (Å²) >= 11 is 0. The molecule has 7 atom stereocenters. The Labute approximate surface area is 395 Å². The first-order valence-electron chi connectivity index (χ1n) is 25.6. The molecule has 16 heteroatoms. The van der Waals surface area contributed by atoms with Crippen molar-refractivity contribution in [2.45, 2.75) is 133 Å². The third-order valence-corrected chi connectivity index (χ3v) is 17.4. The quantitative estimate of drug-likeness (QED) is 0.177. The summed E-state index contributed by atoms with van der Waals surface area (Å²) in [5, 5.41) is 32.7. The van der Waals surface area contributed by atoms with E-state index in [0.717, 1.165) is 87.8 Å². The van der Waals surface area contributed by atoms with Crippen LogP contribution in [0, 0.1) is 17.3 Å². The van der Waals surface area contributed by atoms with Crippen LogP contribution in [0.1, 0.15) is 106 Å². The van der Waals surface area contributed by atoms with Crippen molar-refractivity contribution in [1.29, 1.82) is 0 Å². The number of amides is 4. The highest BCUT2D eigenvalue weighted by Gasteiger charge is 2.53. The van der Waals surface area contributed by atoms with Gasteiger partial charge in [0.25, 0.3) is 5.91 Å². The number of aliphatic hydroxyl groups is 1. The fraction of sp³-hybridized carbons (Fsp3) is 0.647. The van der Waals surface area contributed by atoms with E-state index in [9.17, 15) is 24.3 Å².